The van der Waals surface area contributed by atoms with Gasteiger partial charge in [0.1, 0.15) is 0 Å². The van der Waals surface area contributed by atoms with E-state index in [-0.39, 0.29) is 36.1 Å². The van der Waals surface area contributed by atoms with Crippen molar-refractivity contribution in [3.05, 3.63) is 28.2 Å². The van der Waals surface area contributed by atoms with Crippen molar-refractivity contribution in [1.29, 1.82) is 0 Å². The Bertz CT molecular complexity index is 710. The molecule has 1 aromatic carbocycles. The molecule has 2 aliphatic rings. The molecule has 2 N–H and O–H groups in total. The number of hydrogen-bond acceptors (Lipinski definition) is 3. The summed E-state index contributed by atoms with van der Waals surface area (Å²) in [5, 5.41) is 5.53. The zero-order valence-corrected chi connectivity index (χ0v) is 16.5. The first-order valence-corrected chi connectivity index (χ1v) is 9.86. The summed E-state index contributed by atoms with van der Waals surface area (Å²) < 4.78 is 0.952. The number of rotatable bonds is 5. The third-order valence-electron chi connectivity index (χ3n) is 4.99. The average Bonchev–Trinajstić information content (AvgIpc) is 3.47. The lowest BCUT2D eigenvalue weighted by Crippen LogP contribution is -2.44. The fourth-order valence-electron chi connectivity index (χ4n) is 3.22. The Hall–Kier alpha value is -1.89. The Balaban J connectivity index is 1.41. The Kier molecular flexibility index (Phi) is 5.96. The summed E-state index contributed by atoms with van der Waals surface area (Å²) in [6.07, 6.45) is 3.34. The zero-order chi connectivity index (χ0) is 18.7. The second-order valence-electron chi connectivity index (χ2n) is 7.10. The summed E-state index contributed by atoms with van der Waals surface area (Å²) >= 11 is 3.39. The van der Waals surface area contributed by atoms with Crippen LogP contribution >= 0.6 is 15.9 Å². The molecule has 6 nitrogen and oxygen atoms in total. The maximum atomic E-state index is 12.3. The van der Waals surface area contributed by atoms with E-state index in [0.29, 0.717) is 25.9 Å². The molecule has 3 amide bonds. The molecular weight excluding hydrogens is 398 g/mol. The Labute approximate surface area is 161 Å². The van der Waals surface area contributed by atoms with Crippen LogP contribution in [-0.2, 0) is 14.4 Å². The van der Waals surface area contributed by atoms with Crippen LogP contribution in [0, 0.1) is 18.8 Å². The minimum atomic E-state index is -0.245. The normalized spacial score (nSPS) is 17.7. The van der Waals surface area contributed by atoms with Crippen LogP contribution in [-0.4, -0.2) is 42.3 Å². The van der Waals surface area contributed by atoms with Crippen molar-refractivity contribution >= 4 is 39.3 Å². The molecule has 1 saturated carbocycles. The van der Waals surface area contributed by atoms with Gasteiger partial charge in [0.2, 0.25) is 17.7 Å². The van der Waals surface area contributed by atoms with Gasteiger partial charge in [-0.1, -0.05) is 15.9 Å². The lowest BCUT2D eigenvalue weighted by molar-refractivity contribution is -0.136. The maximum absolute atomic E-state index is 12.3. The predicted octanol–water partition coefficient (Wildman–Crippen LogP) is 2.46. The SMILES string of the molecule is Cc1cc(Br)ccc1NC(=O)CNC(=O)C1CCN(C(=O)C2CC2)CC1. The van der Waals surface area contributed by atoms with Crippen LogP contribution in [0.25, 0.3) is 0 Å². The number of amides is 3. The highest BCUT2D eigenvalue weighted by molar-refractivity contribution is 9.10. The number of nitrogens with one attached hydrogen (secondary N) is 2. The summed E-state index contributed by atoms with van der Waals surface area (Å²) in [4.78, 5) is 38.3. The molecule has 0 aromatic heterocycles. The maximum Gasteiger partial charge on any atom is 0.243 e. The van der Waals surface area contributed by atoms with Gasteiger partial charge in [-0.3, -0.25) is 14.4 Å². The number of carbonyl (C=O) groups is 3. The van der Waals surface area contributed by atoms with E-state index in [9.17, 15) is 14.4 Å². The number of carbonyl (C=O) groups excluding carboxylic acids is 3. The van der Waals surface area contributed by atoms with Crippen molar-refractivity contribution < 1.29 is 14.4 Å². The molecular formula is C19H24BrN3O3. The van der Waals surface area contributed by atoms with Crippen LogP contribution < -0.4 is 10.6 Å². The second-order valence-corrected chi connectivity index (χ2v) is 8.01. The number of nitrogens with zero attached hydrogens (tertiary/aromatic N) is 1. The van der Waals surface area contributed by atoms with Gasteiger partial charge in [0, 0.05) is 35.1 Å². The highest BCUT2D eigenvalue weighted by Gasteiger charge is 2.35. The van der Waals surface area contributed by atoms with E-state index in [0.717, 1.165) is 28.6 Å². The van der Waals surface area contributed by atoms with Crippen molar-refractivity contribution in [2.75, 3.05) is 25.0 Å². The largest absolute Gasteiger partial charge is 0.347 e. The number of anilines is 1. The first kappa shape index (κ1) is 18.9. The van der Waals surface area contributed by atoms with Crippen molar-refractivity contribution in [2.24, 2.45) is 11.8 Å². The van der Waals surface area contributed by atoms with E-state index in [4.69, 9.17) is 0 Å². The van der Waals surface area contributed by atoms with Crippen molar-refractivity contribution in [2.45, 2.75) is 32.6 Å². The molecule has 0 spiro atoms. The lowest BCUT2D eigenvalue weighted by Gasteiger charge is -2.31. The van der Waals surface area contributed by atoms with E-state index in [2.05, 4.69) is 26.6 Å². The van der Waals surface area contributed by atoms with Gasteiger partial charge in [-0.25, -0.2) is 0 Å². The molecule has 26 heavy (non-hydrogen) atoms. The number of piperidine rings is 1. The second kappa shape index (κ2) is 8.20. The Morgan fingerprint density at radius 2 is 1.81 bits per heavy atom. The van der Waals surface area contributed by atoms with Gasteiger partial charge in [0.25, 0.3) is 0 Å². The van der Waals surface area contributed by atoms with Crippen LogP contribution in [0.4, 0.5) is 5.69 Å². The fourth-order valence-corrected chi connectivity index (χ4v) is 3.70. The first-order chi connectivity index (χ1) is 12.4. The molecule has 0 radical (unpaired) electrons. The predicted molar refractivity (Wildman–Crippen MR) is 103 cm³/mol. The molecule has 1 aromatic rings. The molecule has 7 heteroatoms. The summed E-state index contributed by atoms with van der Waals surface area (Å²) in [5.41, 5.74) is 1.69. The van der Waals surface area contributed by atoms with Gasteiger partial charge in [0.15, 0.2) is 0 Å². The van der Waals surface area contributed by atoms with Gasteiger partial charge in [-0.15, -0.1) is 0 Å². The molecule has 1 heterocycles. The molecule has 1 aliphatic heterocycles. The monoisotopic (exact) mass is 421 g/mol. The molecule has 0 atom stereocenters. The summed E-state index contributed by atoms with van der Waals surface area (Å²) in [5.74, 6) is -0.00367. The number of likely N-dealkylation sites (tertiary alicyclic amines) is 1. The molecule has 0 unspecified atom stereocenters. The first-order valence-electron chi connectivity index (χ1n) is 9.06. The van der Waals surface area contributed by atoms with Crippen molar-refractivity contribution in [3.63, 3.8) is 0 Å². The van der Waals surface area contributed by atoms with Crippen LogP contribution in [0.1, 0.15) is 31.2 Å². The zero-order valence-electron chi connectivity index (χ0n) is 14.9. The van der Waals surface area contributed by atoms with Crippen LogP contribution in [0.15, 0.2) is 22.7 Å². The van der Waals surface area contributed by atoms with Gasteiger partial charge >= 0.3 is 0 Å². The molecule has 140 valence electrons. The van der Waals surface area contributed by atoms with E-state index in [1.54, 1.807) is 0 Å². The van der Waals surface area contributed by atoms with Crippen molar-refractivity contribution in [1.82, 2.24) is 10.2 Å². The van der Waals surface area contributed by atoms with E-state index < -0.39 is 0 Å². The smallest absolute Gasteiger partial charge is 0.243 e. The summed E-state index contributed by atoms with van der Waals surface area (Å²) in [6, 6.07) is 5.61. The van der Waals surface area contributed by atoms with Gasteiger partial charge in [-0.05, 0) is 56.4 Å². The van der Waals surface area contributed by atoms with Crippen LogP contribution in [0.2, 0.25) is 0 Å². The third kappa shape index (κ3) is 4.84. The van der Waals surface area contributed by atoms with Gasteiger partial charge in [-0.2, -0.15) is 0 Å². The summed E-state index contributed by atoms with van der Waals surface area (Å²) in [7, 11) is 0. The average molecular weight is 422 g/mol. The minimum absolute atomic E-state index is 0.0461. The molecule has 0 bridgehead atoms. The summed E-state index contributed by atoms with van der Waals surface area (Å²) in [6.45, 7) is 3.14. The van der Waals surface area contributed by atoms with Crippen LogP contribution in [0.5, 0.6) is 0 Å². The minimum Gasteiger partial charge on any atom is -0.347 e. The third-order valence-corrected chi connectivity index (χ3v) is 5.48. The van der Waals surface area contributed by atoms with Crippen LogP contribution in [0.3, 0.4) is 0 Å². The number of aryl methyl sites for hydroxylation is 1. The number of hydrogen-bond donors (Lipinski definition) is 2. The number of halogens is 1. The highest BCUT2D eigenvalue weighted by Crippen LogP contribution is 2.32. The quantitative estimate of drug-likeness (QED) is 0.766. The van der Waals surface area contributed by atoms with E-state index in [1.807, 2.05) is 30.0 Å². The highest BCUT2D eigenvalue weighted by atomic mass is 79.9. The van der Waals surface area contributed by atoms with E-state index >= 15 is 0 Å². The Morgan fingerprint density at radius 1 is 1.12 bits per heavy atom. The fraction of sp³-hybridized carbons (Fsp3) is 0.526. The standard InChI is InChI=1S/C19H24BrN3O3/c1-12-10-15(20)4-5-16(12)22-17(24)11-21-18(25)13-6-8-23(9-7-13)19(26)14-2-3-14/h4-5,10,13-14H,2-3,6-9,11H2,1H3,(H,21,25)(H,22,24). The van der Waals surface area contributed by atoms with E-state index in [1.165, 1.54) is 0 Å². The molecule has 1 saturated heterocycles. The number of benzene rings is 1. The van der Waals surface area contributed by atoms with Gasteiger partial charge < -0.3 is 15.5 Å². The van der Waals surface area contributed by atoms with Crippen molar-refractivity contribution in [3.8, 4) is 0 Å². The molecule has 3 rings (SSSR count). The Morgan fingerprint density at radius 3 is 2.42 bits per heavy atom. The lowest BCUT2D eigenvalue weighted by atomic mass is 9.95. The molecule has 2 fully saturated rings. The topological polar surface area (TPSA) is 78.5 Å². The van der Waals surface area contributed by atoms with Gasteiger partial charge in [0.05, 0.1) is 6.54 Å². The molecule has 1 aliphatic carbocycles.